The number of aromatic nitrogens is 4. The molecule has 0 radical (unpaired) electrons. The summed E-state index contributed by atoms with van der Waals surface area (Å²) in [6.45, 7) is -0.633. The molecule has 3 rings (SSSR count). The van der Waals surface area contributed by atoms with Crippen molar-refractivity contribution in [3.05, 3.63) is 20.8 Å². The Morgan fingerprint density at radius 3 is 2.55 bits per heavy atom. The first-order valence-electron chi connectivity index (χ1n) is 6.53. The number of nitrogen functional groups attached to an aromatic ring is 1. The van der Waals surface area contributed by atoms with E-state index in [1.165, 1.54) is 0 Å². The summed E-state index contributed by atoms with van der Waals surface area (Å²) >= 11 is 0. The molecule has 0 amide bonds. The zero-order chi connectivity index (χ0) is 16.0. The number of hydrogen-bond acceptors (Lipinski definition) is 8. The van der Waals surface area contributed by atoms with Gasteiger partial charge < -0.3 is 25.8 Å². The van der Waals surface area contributed by atoms with Gasteiger partial charge in [0.25, 0.3) is 5.56 Å². The molecule has 7 N–H and O–H groups in total. The van der Waals surface area contributed by atoms with Crippen LogP contribution in [0.15, 0.2) is 9.59 Å². The van der Waals surface area contributed by atoms with Gasteiger partial charge in [-0.2, -0.15) is 4.98 Å². The van der Waals surface area contributed by atoms with Gasteiger partial charge >= 0.3 is 5.69 Å². The zero-order valence-corrected chi connectivity index (χ0v) is 11.3. The Bertz CT molecular complexity index is 809. The molecule has 0 saturated carbocycles. The van der Waals surface area contributed by atoms with Crippen molar-refractivity contribution in [1.29, 1.82) is 0 Å². The van der Waals surface area contributed by atoms with Gasteiger partial charge in [0.15, 0.2) is 11.2 Å². The molecule has 0 unspecified atom stereocenters. The largest absolute Gasteiger partial charge is 0.394 e. The second-order valence-electron chi connectivity index (χ2n) is 5.07. The van der Waals surface area contributed by atoms with Gasteiger partial charge in [-0.05, 0) is 0 Å². The van der Waals surface area contributed by atoms with E-state index in [1.54, 1.807) is 0 Å². The molecule has 11 nitrogen and oxygen atoms in total. The molecule has 1 aliphatic heterocycles. The highest BCUT2D eigenvalue weighted by molar-refractivity contribution is 5.70. The van der Waals surface area contributed by atoms with E-state index < -0.39 is 42.3 Å². The molecule has 0 bridgehead atoms. The summed E-state index contributed by atoms with van der Waals surface area (Å²) in [5.74, 6) is -0.161. The van der Waals surface area contributed by atoms with Gasteiger partial charge in [0, 0.05) is 0 Å². The number of aliphatic hydroxyl groups excluding tert-OH is 3. The first kappa shape index (κ1) is 14.7. The number of nitrogens with zero attached hydrogens (tertiary/aromatic N) is 2. The van der Waals surface area contributed by atoms with Gasteiger partial charge in [0.2, 0.25) is 5.95 Å². The highest BCUT2D eigenvalue weighted by Gasteiger charge is 2.42. The van der Waals surface area contributed by atoms with Crippen LogP contribution in [0.3, 0.4) is 0 Å². The van der Waals surface area contributed by atoms with Crippen molar-refractivity contribution < 1.29 is 20.1 Å². The molecule has 0 spiro atoms. The van der Waals surface area contributed by atoms with Crippen LogP contribution in [0.25, 0.3) is 11.2 Å². The van der Waals surface area contributed by atoms with Gasteiger partial charge in [-0.3, -0.25) is 19.3 Å². The van der Waals surface area contributed by atoms with Crippen LogP contribution < -0.4 is 17.0 Å². The number of H-pyrrole nitrogens is 2. The average Bonchev–Trinajstić information content (AvgIpc) is 2.92. The van der Waals surface area contributed by atoms with Gasteiger partial charge in [0.05, 0.1) is 13.2 Å². The van der Waals surface area contributed by atoms with E-state index in [1.807, 2.05) is 0 Å². The van der Waals surface area contributed by atoms with Crippen molar-refractivity contribution >= 4 is 17.1 Å². The highest BCUT2D eigenvalue weighted by Crippen LogP contribution is 2.22. The minimum atomic E-state index is -1.28. The van der Waals surface area contributed by atoms with Crippen molar-refractivity contribution in [3.8, 4) is 0 Å². The Kier molecular flexibility index (Phi) is 3.48. The molecule has 11 heteroatoms. The first-order valence-corrected chi connectivity index (χ1v) is 6.53. The normalized spacial score (nSPS) is 28.5. The maximum absolute atomic E-state index is 12.0. The Balaban J connectivity index is 2.00. The lowest BCUT2D eigenvalue weighted by molar-refractivity contribution is -0.0264. The topological polar surface area (TPSA) is 179 Å². The smallest absolute Gasteiger partial charge is 0.327 e. The molecule has 3 heterocycles. The second kappa shape index (κ2) is 5.21. The number of imidazole rings is 1. The summed E-state index contributed by atoms with van der Waals surface area (Å²) in [7, 11) is 0. The molecule has 22 heavy (non-hydrogen) atoms. The number of anilines is 1. The predicted molar refractivity (Wildman–Crippen MR) is 73.1 cm³/mol. The Morgan fingerprint density at radius 1 is 1.23 bits per heavy atom. The third kappa shape index (κ3) is 2.20. The van der Waals surface area contributed by atoms with E-state index in [9.17, 15) is 19.8 Å². The lowest BCUT2D eigenvalue weighted by atomic mass is 10.1. The fraction of sp³-hybridized carbons (Fsp3) is 0.545. The Hall–Kier alpha value is -2.21. The van der Waals surface area contributed by atoms with Crippen LogP contribution in [0.2, 0.25) is 0 Å². The zero-order valence-electron chi connectivity index (χ0n) is 11.3. The molecule has 0 aliphatic carbocycles. The molecular weight excluding hydrogens is 298 g/mol. The third-order valence-corrected chi connectivity index (χ3v) is 3.66. The van der Waals surface area contributed by atoms with Crippen molar-refractivity contribution in [3.63, 3.8) is 0 Å². The minimum absolute atomic E-state index is 0.0176. The molecular formula is C11H15N5O6. The summed E-state index contributed by atoms with van der Waals surface area (Å²) < 4.78 is 6.39. The van der Waals surface area contributed by atoms with Gasteiger partial charge in [-0.25, -0.2) is 4.79 Å². The number of hydrogen-bond donors (Lipinski definition) is 6. The second-order valence-corrected chi connectivity index (χ2v) is 5.07. The van der Waals surface area contributed by atoms with E-state index in [4.69, 9.17) is 15.6 Å². The molecule has 2 aromatic heterocycles. The molecule has 0 aromatic carbocycles. The Labute approximate surface area is 122 Å². The summed E-state index contributed by atoms with van der Waals surface area (Å²) in [5, 5.41) is 28.7. The fourth-order valence-electron chi connectivity index (χ4n) is 2.53. The molecule has 2 aromatic rings. The van der Waals surface area contributed by atoms with Gasteiger partial charge in [-0.1, -0.05) is 0 Å². The molecule has 1 saturated heterocycles. The first-order chi connectivity index (χ1) is 10.4. The van der Waals surface area contributed by atoms with Crippen molar-refractivity contribution in [2.45, 2.75) is 31.0 Å². The SMILES string of the molecule is Nc1nc2c([nH]c(=O)n2C[C@H]2O[C@@H](CO)[C@H](O)[C@H]2O)c(=O)[nH]1. The molecule has 4 atom stereocenters. The van der Waals surface area contributed by atoms with Crippen LogP contribution in [0, 0.1) is 0 Å². The average molecular weight is 313 g/mol. The predicted octanol–water partition coefficient (Wildman–Crippen LogP) is -3.52. The van der Waals surface area contributed by atoms with E-state index >= 15 is 0 Å². The number of rotatable bonds is 3. The van der Waals surface area contributed by atoms with Crippen LogP contribution in [0.4, 0.5) is 5.95 Å². The van der Waals surface area contributed by atoms with Crippen LogP contribution in [0.5, 0.6) is 0 Å². The number of fused-ring (bicyclic) bond motifs is 1. The lowest BCUT2D eigenvalue weighted by Crippen LogP contribution is -2.36. The standard InChI is InChI=1S/C11H15N5O6/c12-10-14-8-5(9(20)15-10)13-11(21)16(8)1-3-6(18)7(19)4(2-17)22-3/h3-4,6-7,17-19H,1-2H2,(H,13,21)(H3,12,14,15,20)/t3-,4+,6+,7+/m1/s1. The maximum atomic E-state index is 12.0. The summed E-state index contributed by atoms with van der Waals surface area (Å²) in [5.41, 5.74) is 4.20. The summed E-state index contributed by atoms with van der Waals surface area (Å²) in [6, 6.07) is 0. The highest BCUT2D eigenvalue weighted by atomic mass is 16.6. The van der Waals surface area contributed by atoms with Crippen molar-refractivity contribution in [1.82, 2.24) is 19.5 Å². The van der Waals surface area contributed by atoms with E-state index in [0.717, 1.165) is 4.57 Å². The van der Waals surface area contributed by atoms with Crippen LogP contribution >= 0.6 is 0 Å². The van der Waals surface area contributed by atoms with Gasteiger partial charge in [-0.15, -0.1) is 0 Å². The summed E-state index contributed by atoms with van der Waals surface area (Å²) in [4.78, 5) is 32.1. The van der Waals surface area contributed by atoms with Crippen LogP contribution in [-0.4, -0.2) is 65.9 Å². The lowest BCUT2D eigenvalue weighted by Gasteiger charge is -2.14. The number of ether oxygens (including phenoxy) is 1. The molecule has 1 fully saturated rings. The Morgan fingerprint density at radius 2 is 1.91 bits per heavy atom. The quantitative estimate of drug-likeness (QED) is 0.337. The van der Waals surface area contributed by atoms with E-state index in [-0.39, 0.29) is 23.7 Å². The number of nitrogens with two attached hydrogens (primary N) is 1. The van der Waals surface area contributed by atoms with Crippen molar-refractivity contribution in [2.24, 2.45) is 0 Å². The minimum Gasteiger partial charge on any atom is -0.394 e. The summed E-state index contributed by atoms with van der Waals surface area (Å²) in [6.07, 6.45) is -4.43. The van der Waals surface area contributed by atoms with E-state index in [0.29, 0.717) is 0 Å². The number of aromatic amines is 2. The van der Waals surface area contributed by atoms with Crippen LogP contribution in [-0.2, 0) is 11.3 Å². The van der Waals surface area contributed by atoms with Crippen molar-refractivity contribution in [2.75, 3.05) is 12.3 Å². The number of aliphatic hydroxyl groups is 3. The van der Waals surface area contributed by atoms with Gasteiger partial charge in [0.1, 0.15) is 24.4 Å². The molecule has 120 valence electrons. The third-order valence-electron chi connectivity index (χ3n) is 3.66. The number of nitrogens with one attached hydrogen (secondary N) is 2. The van der Waals surface area contributed by atoms with Crippen LogP contribution in [0.1, 0.15) is 0 Å². The monoisotopic (exact) mass is 313 g/mol. The fourth-order valence-corrected chi connectivity index (χ4v) is 2.53. The van der Waals surface area contributed by atoms with E-state index in [2.05, 4.69) is 15.0 Å². The molecule has 1 aliphatic rings. The maximum Gasteiger partial charge on any atom is 0.327 e.